The maximum absolute atomic E-state index is 11.8. The van der Waals surface area contributed by atoms with Gasteiger partial charge >= 0.3 is 0 Å². The van der Waals surface area contributed by atoms with E-state index in [1.165, 1.54) is 6.08 Å². The SMILES string of the molecule is NC(=O)COc1ccc(NC(=O)/C=C/c2cccnc2)cc1. The minimum atomic E-state index is -0.544. The number of nitrogens with zero attached hydrogens (tertiary/aromatic N) is 1. The first-order chi connectivity index (χ1) is 10.6. The van der Waals surface area contributed by atoms with Gasteiger partial charge in [0.25, 0.3) is 5.91 Å². The number of nitrogens with one attached hydrogen (secondary N) is 1. The monoisotopic (exact) mass is 297 g/mol. The molecule has 0 bridgehead atoms. The molecular formula is C16H15N3O3. The summed E-state index contributed by atoms with van der Waals surface area (Å²) in [6.45, 7) is -0.181. The van der Waals surface area contributed by atoms with Crippen LogP contribution in [-0.2, 0) is 9.59 Å². The zero-order valence-electron chi connectivity index (χ0n) is 11.7. The number of pyridine rings is 1. The Morgan fingerprint density at radius 3 is 2.64 bits per heavy atom. The highest BCUT2D eigenvalue weighted by molar-refractivity contribution is 6.01. The van der Waals surface area contributed by atoms with Gasteiger partial charge in [0.15, 0.2) is 6.61 Å². The number of amides is 2. The normalized spacial score (nSPS) is 10.4. The average Bonchev–Trinajstić information content (AvgIpc) is 2.53. The minimum absolute atomic E-state index is 0.181. The summed E-state index contributed by atoms with van der Waals surface area (Å²) in [5.41, 5.74) is 6.44. The molecule has 112 valence electrons. The molecule has 2 rings (SSSR count). The maximum atomic E-state index is 11.8. The van der Waals surface area contributed by atoms with E-state index in [4.69, 9.17) is 10.5 Å². The quantitative estimate of drug-likeness (QED) is 0.792. The summed E-state index contributed by atoms with van der Waals surface area (Å²) in [4.78, 5) is 26.3. The van der Waals surface area contributed by atoms with Gasteiger partial charge in [-0.1, -0.05) is 6.07 Å². The van der Waals surface area contributed by atoms with Gasteiger partial charge in [-0.15, -0.1) is 0 Å². The first-order valence-electron chi connectivity index (χ1n) is 6.54. The van der Waals surface area contributed by atoms with Gasteiger partial charge in [0.2, 0.25) is 5.91 Å². The van der Waals surface area contributed by atoms with Gasteiger partial charge in [-0.25, -0.2) is 0 Å². The third-order valence-corrected chi connectivity index (χ3v) is 2.61. The number of hydrogen-bond acceptors (Lipinski definition) is 4. The van der Waals surface area contributed by atoms with E-state index in [1.807, 2.05) is 6.07 Å². The van der Waals surface area contributed by atoms with Crippen molar-refractivity contribution in [2.45, 2.75) is 0 Å². The Hall–Kier alpha value is -3.15. The first kappa shape index (κ1) is 15.2. The van der Waals surface area contributed by atoms with Crippen LogP contribution in [0, 0.1) is 0 Å². The highest BCUT2D eigenvalue weighted by atomic mass is 16.5. The smallest absolute Gasteiger partial charge is 0.255 e. The Labute approximate surface area is 127 Å². The van der Waals surface area contributed by atoms with Crippen molar-refractivity contribution in [3.63, 3.8) is 0 Å². The molecule has 3 N–H and O–H groups in total. The van der Waals surface area contributed by atoms with Crippen LogP contribution in [0.5, 0.6) is 5.75 Å². The lowest BCUT2D eigenvalue weighted by Crippen LogP contribution is -2.20. The Morgan fingerprint density at radius 1 is 1.23 bits per heavy atom. The lowest BCUT2D eigenvalue weighted by atomic mass is 10.2. The molecule has 22 heavy (non-hydrogen) atoms. The molecular weight excluding hydrogens is 282 g/mol. The molecule has 1 heterocycles. The van der Waals surface area contributed by atoms with Crippen LogP contribution in [0.2, 0.25) is 0 Å². The van der Waals surface area contributed by atoms with Crippen molar-refractivity contribution < 1.29 is 14.3 Å². The molecule has 0 radical (unpaired) electrons. The molecule has 2 amide bonds. The number of rotatable bonds is 6. The van der Waals surface area contributed by atoms with Crippen LogP contribution in [0.15, 0.2) is 54.9 Å². The summed E-state index contributed by atoms with van der Waals surface area (Å²) in [5, 5.41) is 2.71. The molecule has 0 saturated heterocycles. The van der Waals surface area contributed by atoms with Crippen molar-refractivity contribution in [1.29, 1.82) is 0 Å². The molecule has 1 aromatic heterocycles. The van der Waals surface area contributed by atoms with Crippen LogP contribution in [0.4, 0.5) is 5.69 Å². The van der Waals surface area contributed by atoms with Crippen LogP contribution >= 0.6 is 0 Å². The number of nitrogens with two attached hydrogens (primary N) is 1. The predicted octanol–water partition coefficient (Wildman–Crippen LogP) is 1.60. The van der Waals surface area contributed by atoms with Gasteiger partial charge in [-0.3, -0.25) is 14.6 Å². The third-order valence-electron chi connectivity index (χ3n) is 2.61. The highest BCUT2D eigenvalue weighted by Gasteiger charge is 2.00. The Kier molecular flexibility index (Phi) is 5.25. The fraction of sp³-hybridized carbons (Fsp3) is 0.0625. The fourth-order valence-electron chi connectivity index (χ4n) is 1.62. The standard InChI is InChI=1S/C16H15N3O3/c17-15(20)11-22-14-6-4-13(5-7-14)19-16(21)8-3-12-2-1-9-18-10-12/h1-10H,11H2,(H2,17,20)(H,19,21)/b8-3+. The van der Waals surface area contributed by atoms with Gasteiger partial charge < -0.3 is 15.8 Å². The van der Waals surface area contributed by atoms with E-state index in [0.717, 1.165) is 5.56 Å². The number of carbonyl (C=O) groups excluding carboxylic acids is 2. The summed E-state index contributed by atoms with van der Waals surface area (Å²) in [7, 11) is 0. The Bertz CT molecular complexity index is 667. The number of aromatic nitrogens is 1. The second-order valence-electron chi connectivity index (χ2n) is 4.39. The topological polar surface area (TPSA) is 94.3 Å². The molecule has 0 atom stereocenters. The van der Waals surface area contributed by atoms with Crippen LogP contribution in [-0.4, -0.2) is 23.4 Å². The fourth-order valence-corrected chi connectivity index (χ4v) is 1.62. The van der Waals surface area contributed by atoms with Gasteiger partial charge in [0, 0.05) is 24.2 Å². The lowest BCUT2D eigenvalue weighted by molar-refractivity contribution is -0.120. The van der Waals surface area contributed by atoms with Crippen LogP contribution in [0.3, 0.4) is 0 Å². The Morgan fingerprint density at radius 2 is 2.00 bits per heavy atom. The second kappa shape index (κ2) is 7.58. The van der Waals surface area contributed by atoms with Crippen LogP contribution in [0.25, 0.3) is 6.08 Å². The number of hydrogen-bond donors (Lipinski definition) is 2. The zero-order valence-corrected chi connectivity index (χ0v) is 11.7. The van der Waals surface area contributed by atoms with Gasteiger partial charge in [-0.2, -0.15) is 0 Å². The molecule has 0 aliphatic rings. The summed E-state index contributed by atoms with van der Waals surface area (Å²) in [6.07, 6.45) is 6.43. The molecule has 0 aliphatic heterocycles. The van der Waals surface area contributed by atoms with Crippen molar-refractivity contribution in [3.8, 4) is 5.75 Å². The van der Waals surface area contributed by atoms with E-state index in [-0.39, 0.29) is 12.5 Å². The molecule has 0 saturated carbocycles. The predicted molar refractivity (Wildman–Crippen MR) is 83.0 cm³/mol. The Balaban J connectivity index is 1.89. The van der Waals surface area contributed by atoms with Gasteiger partial charge in [0.1, 0.15) is 5.75 Å². The van der Waals surface area contributed by atoms with E-state index >= 15 is 0 Å². The average molecular weight is 297 g/mol. The second-order valence-corrected chi connectivity index (χ2v) is 4.39. The van der Waals surface area contributed by atoms with Crippen molar-refractivity contribution in [3.05, 3.63) is 60.4 Å². The molecule has 0 aliphatic carbocycles. The molecule has 0 unspecified atom stereocenters. The minimum Gasteiger partial charge on any atom is -0.484 e. The maximum Gasteiger partial charge on any atom is 0.255 e. The lowest BCUT2D eigenvalue weighted by Gasteiger charge is -2.05. The van der Waals surface area contributed by atoms with Crippen LogP contribution < -0.4 is 15.8 Å². The summed E-state index contributed by atoms with van der Waals surface area (Å²) in [6, 6.07) is 10.3. The van der Waals surface area contributed by atoms with Crippen LogP contribution in [0.1, 0.15) is 5.56 Å². The van der Waals surface area contributed by atoms with Crippen molar-refractivity contribution in [2.24, 2.45) is 5.73 Å². The van der Waals surface area contributed by atoms with E-state index in [1.54, 1.807) is 48.8 Å². The molecule has 0 spiro atoms. The number of ether oxygens (including phenoxy) is 1. The number of anilines is 1. The first-order valence-corrected chi connectivity index (χ1v) is 6.54. The molecule has 1 aromatic carbocycles. The number of benzene rings is 1. The molecule has 0 fully saturated rings. The van der Waals surface area contributed by atoms with Crippen molar-refractivity contribution in [2.75, 3.05) is 11.9 Å². The molecule has 6 nitrogen and oxygen atoms in total. The van der Waals surface area contributed by atoms with Crippen molar-refractivity contribution in [1.82, 2.24) is 4.98 Å². The van der Waals surface area contributed by atoms with Gasteiger partial charge in [0.05, 0.1) is 0 Å². The number of carbonyl (C=O) groups is 2. The summed E-state index contributed by atoms with van der Waals surface area (Å²) < 4.78 is 5.12. The van der Waals surface area contributed by atoms with E-state index in [2.05, 4.69) is 10.3 Å². The largest absolute Gasteiger partial charge is 0.484 e. The van der Waals surface area contributed by atoms with E-state index in [9.17, 15) is 9.59 Å². The van der Waals surface area contributed by atoms with E-state index < -0.39 is 5.91 Å². The van der Waals surface area contributed by atoms with Gasteiger partial charge in [-0.05, 0) is 42.0 Å². The zero-order chi connectivity index (χ0) is 15.8. The summed E-state index contributed by atoms with van der Waals surface area (Å²) >= 11 is 0. The number of primary amides is 1. The molecule has 6 heteroatoms. The molecule has 2 aromatic rings. The third kappa shape index (κ3) is 5.09. The highest BCUT2D eigenvalue weighted by Crippen LogP contribution is 2.15. The van der Waals surface area contributed by atoms with Crippen molar-refractivity contribution >= 4 is 23.6 Å². The summed E-state index contributed by atoms with van der Waals surface area (Å²) in [5.74, 6) is -0.296. The van der Waals surface area contributed by atoms with E-state index in [0.29, 0.717) is 11.4 Å².